The second kappa shape index (κ2) is 6.60. The van der Waals surface area contributed by atoms with Gasteiger partial charge in [-0.25, -0.2) is 13.1 Å². The lowest BCUT2D eigenvalue weighted by molar-refractivity contribution is 0.0386. The number of likely N-dealkylation sites (N-methyl/N-ethyl adjacent to an activating group) is 1. The second-order valence-electron chi connectivity index (χ2n) is 5.16. The lowest BCUT2D eigenvalue weighted by Crippen LogP contribution is -2.47. The summed E-state index contributed by atoms with van der Waals surface area (Å²) in [5.41, 5.74) is -1.18. The number of sulfonamides is 1. The topological polar surface area (TPSA) is 69.6 Å². The van der Waals surface area contributed by atoms with Crippen LogP contribution in [0.2, 0.25) is 10.0 Å². The summed E-state index contributed by atoms with van der Waals surface area (Å²) >= 11 is 11.6. The molecule has 0 aliphatic rings. The summed E-state index contributed by atoms with van der Waals surface area (Å²) in [4.78, 5) is 1.74. The summed E-state index contributed by atoms with van der Waals surface area (Å²) in [5, 5.41) is 10.6. The van der Waals surface area contributed by atoms with E-state index in [4.69, 9.17) is 23.2 Å². The Morgan fingerprint density at radius 2 is 1.75 bits per heavy atom. The van der Waals surface area contributed by atoms with Gasteiger partial charge >= 0.3 is 0 Å². The number of rotatable bonds is 6. The van der Waals surface area contributed by atoms with E-state index in [0.717, 1.165) is 0 Å². The minimum Gasteiger partial charge on any atom is -0.387 e. The van der Waals surface area contributed by atoms with Crippen LogP contribution < -0.4 is 4.72 Å². The molecule has 0 saturated heterocycles. The van der Waals surface area contributed by atoms with Crippen LogP contribution in [-0.4, -0.2) is 51.2 Å². The van der Waals surface area contributed by atoms with Gasteiger partial charge in [0.1, 0.15) is 0 Å². The third-order valence-electron chi connectivity index (χ3n) is 2.45. The second-order valence-corrected chi connectivity index (χ2v) is 7.80. The normalized spacial score (nSPS) is 15.3. The van der Waals surface area contributed by atoms with E-state index in [-0.39, 0.29) is 21.5 Å². The van der Waals surface area contributed by atoms with Crippen LogP contribution in [0.4, 0.5) is 0 Å². The fraction of sp³-hybridized carbons (Fsp3) is 0.500. The fourth-order valence-corrected chi connectivity index (χ4v) is 3.64. The largest absolute Gasteiger partial charge is 0.387 e. The van der Waals surface area contributed by atoms with Crippen LogP contribution in [0.3, 0.4) is 0 Å². The standard InChI is InChI=1S/C12H18Cl2N2O3S/c1-12(17,8-16(2)3)7-15-20(18,19)11-5-9(13)4-10(14)6-11/h4-6,15,17H,7-8H2,1-3H3. The Bertz CT molecular complexity index is 554. The van der Waals surface area contributed by atoms with Gasteiger partial charge in [0.05, 0.1) is 10.5 Å². The molecule has 0 saturated carbocycles. The van der Waals surface area contributed by atoms with E-state index < -0.39 is 15.6 Å². The smallest absolute Gasteiger partial charge is 0.240 e. The molecule has 114 valence electrons. The van der Waals surface area contributed by atoms with E-state index in [1.54, 1.807) is 25.9 Å². The Balaban J connectivity index is 2.85. The predicted molar refractivity (Wildman–Crippen MR) is 80.8 cm³/mol. The van der Waals surface area contributed by atoms with Gasteiger partial charge < -0.3 is 10.0 Å². The summed E-state index contributed by atoms with van der Waals surface area (Å²) in [7, 11) is -0.189. The monoisotopic (exact) mass is 340 g/mol. The summed E-state index contributed by atoms with van der Waals surface area (Å²) in [6.07, 6.45) is 0. The molecule has 20 heavy (non-hydrogen) atoms. The van der Waals surface area contributed by atoms with E-state index in [1.807, 2.05) is 0 Å². The SMILES string of the molecule is CN(C)CC(C)(O)CNS(=O)(=O)c1cc(Cl)cc(Cl)c1. The van der Waals surface area contributed by atoms with Crippen molar-refractivity contribution in [2.75, 3.05) is 27.2 Å². The van der Waals surface area contributed by atoms with E-state index in [2.05, 4.69) is 4.72 Å². The van der Waals surface area contributed by atoms with Crippen LogP contribution in [0.25, 0.3) is 0 Å². The van der Waals surface area contributed by atoms with E-state index in [9.17, 15) is 13.5 Å². The molecule has 0 radical (unpaired) electrons. The number of benzene rings is 1. The molecule has 1 unspecified atom stereocenters. The molecule has 0 bridgehead atoms. The van der Waals surface area contributed by atoms with Gasteiger partial charge in [-0.2, -0.15) is 0 Å². The highest BCUT2D eigenvalue weighted by molar-refractivity contribution is 7.89. The van der Waals surface area contributed by atoms with Gasteiger partial charge in [-0.15, -0.1) is 0 Å². The number of aliphatic hydroxyl groups is 1. The molecule has 0 heterocycles. The van der Waals surface area contributed by atoms with Gasteiger partial charge in [0.15, 0.2) is 0 Å². The van der Waals surface area contributed by atoms with Crippen molar-refractivity contribution < 1.29 is 13.5 Å². The zero-order valence-electron chi connectivity index (χ0n) is 11.5. The van der Waals surface area contributed by atoms with Gasteiger partial charge in [0, 0.05) is 23.1 Å². The molecule has 2 N–H and O–H groups in total. The Kier molecular flexibility index (Phi) is 5.83. The molecule has 1 atom stereocenters. The molecule has 1 aromatic rings. The van der Waals surface area contributed by atoms with Crippen molar-refractivity contribution in [2.24, 2.45) is 0 Å². The first kappa shape index (κ1) is 17.7. The first-order chi connectivity index (χ1) is 9.02. The first-order valence-electron chi connectivity index (χ1n) is 5.85. The van der Waals surface area contributed by atoms with Gasteiger partial charge in [0.25, 0.3) is 0 Å². The molecule has 5 nitrogen and oxygen atoms in total. The minimum absolute atomic E-state index is 0.0318. The maximum Gasteiger partial charge on any atom is 0.240 e. The van der Waals surface area contributed by atoms with Crippen molar-refractivity contribution in [1.29, 1.82) is 0 Å². The molecule has 0 spiro atoms. The molecule has 8 heteroatoms. The summed E-state index contributed by atoms with van der Waals surface area (Å²) < 4.78 is 26.6. The fourth-order valence-electron chi connectivity index (χ4n) is 1.75. The maximum atomic E-state index is 12.1. The molecular formula is C12H18Cl2N2O3S. The van der Waals surface area contributed by atoms with Crippen LogP contribution in [0.5, 0.6) is 0 Å². The van der Waals surface area contributed by atoms with Crippen LogP contribution in [0, 0.1) is 0 Å². The maximum absolute atomic E-state index is 12.1. The number of hydrogen-bond donors (Lipinski definition) is 2. The van der Waals surface area contributed by atoms with Crippen molar-refractivity contribution >= 4 is 33.2 Å². The van der Waals surface area contributed by atoms with E-state index >= 15 is 0 Å². The number of nitrogens with one attached hydrogen (secondary N) is 1. The minimum atomic E-state index is -3.77. The van der Waals surface area contributed by atoms with E-state index in [1.165, 1.54) is 18.2 Å². The number of nitrogens with zero attached hydrogens (tertiary/aromatic N) is 1. The average Bonchev–Trinajstić information content (AvgIpc) is 2.23. The third-order valence-corrected chi connectivity index (χ3v) is 4.26. The molecular weight excluding hydrogens is 323 g/mol. The molecule has 1 rings (SSSR count). The molecule has 0 aliphatic heterocycles. The van der Waals surface area contributed by atoms with Crippen LogP contribution in [0.15, 0.2) is 23.1 Å². The van der Waals surface area contributed by atoms with Gasteiger partial charge in [-0.05, 0) is 39.2 Å². The number of halogens is 2. The Morgan fingerprint density at radius 3 is 2.20 bits per heavy atom. The first-order valence-corrected chi connectivity index (χ1v) is 8.09. The summed E-state index contributed by atoms with van der Waals surface area (Å²) in [6.45, 7) is 1.77. The summed E-state index contributed by atoms with van der Waals surface area (Å²) in [6, 6.07) is 4.05. The predicted octanol–water partition coefficient (Wildman–Crippen LogP) is 1.58. The van der Waals surface area contributed by atoms with Crippen molar-refractivity contribution in [3.05, 3.63) is 28.2 Å². The molecule has 1 aromatic carbocycles. The van der Waals surface area contributed by atoms with Crippen LogP contribution in [-0.2, 0) is 10.0 Å². The zero-order chi connectivity index (χ0) is 15.6. The lowest BCUT2D eigenvalue weighted by atomic mass is 10.1. The number of hydrogen-bond acceptors (Lipinski definition) is 4. The molecule has 0 aromatic heterocycles. The average molecular weight is 341 g/mol. The lowest BCUT2D eigenvalue weighted by Gasteiger charge is -2.27. The highest BCUT2D eigenvalue weighted by atomic mass is 35.5. The van der Waals surface area contributed by atoms with E-state index in [0.29, 0.717) is 6.54 Å². The Labute approximate surface area is 129 Å². The quantitative estimate of drug-likeness (QED) is 0.824. The zero-order valence-corrected chi connectivity index (χ0v) is 13.8. The Hall–Kier alpha value is -0.370. The third kappa shape index (κ3) is 5.55. The highest BCUT2D eigenvalue weighted by Crippen LogP contribution is 2.22. The Morgan fingerprint density at radius 1 is 1.25 bits per heavy atom. The molecule has 0 amide bonds. The van der Waals surface area contributed by atoms with Crippen molar-refractivity contribution in [2.45, 2.75) is 17.4 Å². The van der Waals surface area contributed by atoms with Crippen LogP contribution in [0.1, 0.15) is 6.92 Å². The highest BCUT2D eigenvalue weighted by Gasteiger charge is 2.25. The van der Waals surface area contributed by atoms with Crippen molar-refractivity contribution in [3.8, 4) is 0 Å². The van der Waals surface area contributed by atoms with Crippen LogP contribution >= 0.6 is 23.2 Å². The van der Waals surface area contributed by atoms with Gasteiger partial charge in [-0.3, -0.25) is 0 Å². The summed E-state index contributed by atoms with van der Waals surface area (Å²) in [5.74, 6) is 0. The molecule has 0 fully saturated rings. The molecule has 0 aliphatic carbocycles. The van der Waals surface area contributed by atoms with Crippen molar-refractivity contribution in [1.82, 2.24) is 9.62 Å². The van der Waals surface area contributed by atoms with Crippen molar-refractivity contribution in [3.63, 3.8) is 0 Å². The van der Waals surface area contributed by atoms with Gasteiger partial charge in [-0.1, -0.05) is 23.2 Å². The van der Waals surface area contributed by atoms with Gasteiger partial charge in [0.2, 0.25) is 10.0 Å².